The molecule has 2 amide bonds. The molecule has 0 aliphatic rings. The van der Waals surface area contributed by atoms with E-state index in [4.69, 9.17) is 16.3 Å². The monoisotopic (exact) mass is 499 g/mol. The Kier molecular flexibility index (Phi) is 7.53. The summed E-state index contributed by atoms with van der Waals surface area (Å²) in [7, 11) is 0. The smallest absolute Gasteiger partial charge is 0.343 e. The molecule has 0 aliphatic carbocycles. The first-order valence-electron chi connectivity index (χ1n) is 8.89. The summed E-state index contributed by atoms with van der Waals surface area (Å²) in [5.41, 5.74) is 3.49. The van der Waals surface area contributed by atoms with Crippen LogP contribution in [0.1, 0.15) is 15.9 Å². The highest BCUT2D eigenvalue weighted by molar-refractivity contribution is 9.10. The minimum absolute atomic E-state index is 0.313. The number of hydrazone groups is 1. The molecule has 0 radical (unpaired) electrons. The van der Waals surface area contributed by atoms with E-state index in [2.05, 4.69) is 31.8 Å². The Morgan fingerprint density at radius 1 is 0.903 bits per heavy atom. The average molecular weight is 501 g/mol. The number of esters is 1. The number of halogens is 2. The van der Waals surface area contributed by atoms with E-state index in [1.807, 2.05) is 0 Å². The van der Waals surface area contributed by atoms with Crippen LogP contribution in [0.15, 0.2) is 82.4 Å². The molecule has 0 saturated heterocycles. The van der Waals surface area contributed by atoms with E-state index < -0.39 is 17.8 Å². The van der Waals surface area contributed by atoms with Crippen LogP contribution in [0, 0.1) is 0 Å². The number of nitrogens with zero attached hydrogens (tertiary/aromatic N) is 1. The Bertz CT molecular complexity index is 1130. The van der Waals surface area contributed by atoms with Gasteiger partial charge in [-0.2, -0.15) is 5.10 Å². The molecule has 3 rings (SSSR count). The maximum atomic E-state index is 12.1. The van der Waals surface area contributed by atoms with Crippen LogP contribution < -0.4 is 15.5 Å². The summed E-state index contributed by atoms with van der Waals surface area (Å²) in [4.78, 5) is 35.8. The number of hydrogen-bond acceptors (Lipinski definition) is 5. The molecule has 3 aromatic rings. The molecule has 0 unspecified atom stereocenters. The highest BCUT2D eigenvalue weighted by Crippen LogP contribution is 2.20. The first-order chi connectivity index (χ1) is 14.9. The molecule has 7 nitrogen and oxygen atoms in total. The van der Waals surface area contributed by atoms with E-state index in [0.717, 1.165) is 4.47 Å². The molecule has 0 heterocycles. The summed E-state index contributed by atoms with van der Waals surface area (Å²) >= 11 is 9.24. The van der Waals surface area contributed by atoms with E-state index in [1.54, 1.807) is 72.8 Å². The van der Waals surface area contributed by atoms with E-state index in [-0.39, 0.29) is 0 Å². The quantitative estimate of drug-likeness (QED) is 0.178. The fraction of sp³-hybridized carbons (Fsp3) is 0. The number of anilines is 1. The number of rotatable bonds is 5. The van der Waals surface area contributed by atoms with Crippen molar-refractivity contribution < 1.29 is 19.1 Å². The Labute approximate surface area is 191 Å². The molecular weight excluding hydrogens is 486 g/mol. The second kappa shape index (κ2) is 10.5. The molecule has 9 heteroatoms. The van der Waals surface area contributed by atoms with Gasteiger partial charge in [-0.3, -0.25) is 9.59 Å². The first kappa shape index (κ1) is 22.2. The zero-order valence-electron chi connectivity index (χ0n) is 15.8. The molecule has 0 spiro atoms. The summed E-state index contributed by atoms with van der Waals surface area (Å²) in [6.07, 6.45) is 1.35. The molecular formula is C22H15BrClN3O4. The van der Waals surface area contributed by atoms with Gasteiger partial charge in [0.25, 0.3) is 0 Å². The molecule has 0 fully saturated rings. The number of nitrogens with one attached hydrogen (secondary N) is 2. The highest BCUT2D eigenvalue weighted by atomic mass is 79.9. The maximum Gasteiger partial charge on any atom is 0.343 e. The fourth-order valence-corrected chi connectivity index (χ4v) is 2.78. The third-order valence-electron chi connectivity index (χ3n) is 3.88. The van der Waals surface area contributed by atoms with Gasteiger partial charge in [0.05, 0.1) is 22.5 Å². The lowest BCUT2D eigenvalue weighted by Gasteiger charge is -2.05. The van der Waals surface area contributed by atoms with E-state index in [1.165, 1.54) is 6.21 Å². The summed E-state index contributed by atoms with van der Waals surface area (Å²) in [6.45, 7) is 0. The summed E-state index contributed by atoms with van der Waals surface area (Å²) < 4.78 is 6.17. The van der Waals surface area contributed by atoms with Crippen LogP contribution >= 0.6 is 27.5 Å². The molecule has 0 aliphatic heterocycles. The largest absolute Gasteiger partial charge is 0.423 e. The van der Waals surface area contributed by atoms with Crippen molar-refractivity contribution in [3.63, 3.8) is 0 Å². The number of para-hydroxylation sites is 1. The van der Waals surface area contributed by atoms with Gasteiger partial charge < -0.3 is 10.1 Å². The van der Waals surface area contributed by atoms with Crippen LogP contribution in [-0.4, -0.2) is 24.0 Å². The normalized spacial score (nSPS) is 10.5. The van der Waals surface area contributed by atoms with Crippen LogP contribution in [0.3, 0.4) is 0 Å². The standard InChI is InChI=1S/C22H15BrClN3O4/c23-16-9-7-15(8-10-16)22(30)31-17-11-5-14(6-12-17)13-25-27-21(29)20(28)26-19-4-2-1-3-18(19)24/h1-13H,(H,26,28)(H,27,29). The van der Waals surface area contributed by atoms with Gasteiger partial charge in [-0.05, 0) is 66.2 Å². The van der Waals surface area contributed by atoms with E-state index >= 15 is 0 Å². The van der Waals surface area contributed by atoms with Gasteiger partial charge in [-0.25, -0.2) is 10.2 Å². The fourth-order valence-electron chi connectivity index (χ4n) is 2.33. The molecule has 0 saturated carbocycles. The lowest BCUT2D eigenvalue weighted by molar-refractivity contribution is -0.136. The summed E-state index contributed by atoms with van der Waals surface area (Å²) in [5, 5.41) is 6.45. The maximum absolute atomic E-state index is 12.1. The molecule has 156 valence electrons. The van der Waals surface area contributed by atoms with Crippen molar-refractivity contribution >= 4 is 57.2 Å². The Hall–Kier alpha value is -3.49. The van der Waals surface area contributed by atoms with Gasteiger partial charge in [0.2, 0.25) is 0 Å². The Morgan fingerprint density at radius 2 is 1.58 bits per heavy atom. The van der Waals surface area contributed by atoms with Crippen molar-refractivity contribution in [1.29, 1.82) is 0 Å². The van der Waals surface area contributed by atoms with Crippen LogP contribution in [-0.2, 0) is 9.59 Å². The molecule has 0 aromatic heterocycles. The second-order valence-corrected chi connectivity index (χ2v) is 7.42. The second-order valence-electron chi connectivity index (χ2n) is 6.10. The Morgan fingerprint density at radius 3 is 2.26 bits per heavy atom. The predicted molar refractivity (Wildman–Crippen MR) is 121 cm³/mol. The van der Waals surface area contributed by atoms with Gasteiger partial charge in [0, 0.05) is 4.47 Å². The number of ether oxygens (including phenoxy) is 1. The third-order valence-corrected chi connectivity index (χ3v) is 4.74. The number of carbonyl (C=O) groups is 3. The van der Waals surface area contributed by atoms with Gasteiger partial charge >= 0.3 is 17.8 Å². The molecule has 0 bridgehead atoms. The average Bonchev–Trinajstić information content (AvgIpc) is 2.77. The zero-order chi connectivity index (χ0) is 22.2. The van der Waals surface area contributed by atoms with Crippen molar-refractivity contribution in [1.82, 2.24) is 5.43 Å². The lowest BCUT2D eigenvalue weighted by atomic mass is 10.2. The predicted octanol–water partition coefficient (Wildman–Crippen LogP) is 4.41. The van der Waals surface area contributed by atoms with Gasteiger partial charge in [0.15, 0.2) is 0 Å². The zero-order valence-corrected chi connectivity index (χ0v) is 18.2. The number of amides is 2. The molecule has 3 aromatic carbocycles. The minimum Gasteiger partial charge on any atom is -0.423 e. The minimum atomic E-state index is -0.948. The van der Waals surface area contributed by atoms with Crippen LogP contribution in [0.25, 0.3) is 0 Å². The molecule has 31 heavy (non-hydrogen) atoms. The van der Waals surface area contributed by atoms with Crippen LogP contribution in [0.2, 0.25) is 5.02 Å². The Balaban J connectivity index is 1.51. The number of carbonyl (C=O) groups excluding carboxylic acids is 3. The van der Waals surface area contributed by atoms with Gasteiger partial charge in [0.1, 0.15) is 5.75 Å². The van der Waals surface area contributed by atoms with Gasteiger partial charge in [-0.1, -0.05) is 39.7 Å². The van der Waals surface area contributed by atoms with Gasteiger partial charge in [-0.15, -0.1) is 0 Å². The third kappa shape index (κ3) is 6.50. The first-order valence-corrected chi connectivity index (χ1v) is 10.1. The molecule has 2 N–H and O–H groups in total. The van der Waals surface area contributed by atoms with Crippen molar-refractivity contribution in [3.05, 3.63) is 93.4 Å². The number of benzene rings is 3. The highest BCUT2D eigenvalue weighted by Gasteiger charge is 2.14. The van der Waals surface area contributed by atoms with Crippen molar-refractivity contribution in [2.45, 2.75) is 0 Å². The van der Waals surface area contributed by atoms with Crippen LogP contribution in [0.4, 0.5) is 5.69 Å². The molecule has 0 atom stereocenters. The van der Waals surface area contributed by atoms with Crippen molar-refractivity contribution in [2.24, 2.45) is 5.10 Å². The SMILES string of the molecule is O=C(NN=Cc1ccc(OC(=O)c2ccc(Br)cc2)cc1)C(=O)Nc1ccccc1Cl. The van der Waals surface area contributed by atoms with Crippen molar-refractivity contribution in [3.8, 4) is 5.75 Å². The van der Waals surface area contributed by atoms with E-state index in [0.29, 0.717) is 27.6 Å². The summed E-state index contributed by atoms with van der Waals surface area (Å²) in [6, 6.07) is 19.8. The van der Waals surface area contributed by atoms with Crippen molar-refractivity contribution in [2.75, 3.05) is 5.32 Å². The lowest BCUT2D eigenvalue weighted by Crippen LogP contribution is -2.32. The van der Waals surface area contributed by atoms with Crippen LogP contribution in [0.5, 0.6) is 5.75 Å². The van der Waals surface area contributed by atoms with E-state index in [9.17, 15) is 14.4 Å². The summed E-state index contributed by atoms with van der Waals surface area (Å²) in [5.74, 6) is -1.98. The topological polar surface area (TPSA) is 96.9 Å². The number of hydrogen-bond donors (Lipinski definition) is 2.